The molecule has 0 amide bonds. The van der Waals surface area contributed by atoms with E-state index in [4.69, 9.17) is 4.74 Å². The summed E-state index contributed by atoms with van der Waals surface area (Å²) in [4.78, 5) is 10.5. The van der Waals surface area contributed by atoms with E-state index in [9.17, 15) is 4.79 Å². The number of ether oxygens (including phenoxy) is 1. The molecule has 0 rings (SSSR count). The van der Waals surface area contributed by atoms with E-state index in [-0.39, 0.29) is 5.97 Å². The minimum absolute atomic E-state index is 0.175. The Morgan fingerprint density at radius 2 is 1.92 bits per heavy atom. The summed E-state index contributed by atoms with van der Waals surface area (Å²) in [7, 11) is 0. The predicted octanol–water partition coefficient (Wildman–Crippen LogP) is 2.62. The summed E-state index contributed by atoms with van der Waals surface area (Å²) in [5.41, 5.74) is 0. The fourth-order valence-electron chi connectivity index (χ4n) is 1.15. The molecule has 0 heterocycles. The summed E-state index contributed by atoms with van der Waals surface area (Å²) in [6, 6.07) is 0. The molecular weight excluding hydrogens is 152 g/mol. The third-order valence-corrected chi connectivity index (χ3v) is 2.26. The molecule has 0 radical (unpaired) electrons. The van der Waals surface area contributed by atoms with Gasteiger partial charge in [-0.25, -0.2) is 0 Å². The van der Waals surface area contributed by atoms with Gasteiger partial charge in [0, 0.05) is 6.92 Å². The van der Waals surface area contributed by atoms with Crippen LogP contribution in [0.25, 0.3) is 0 Å². The Morgan fingerprint density at radius 3 is 2.33 bits per heavy atom. The lowest BCUT2D eigenvalue weighted by Gasteiger charge is -2.18. The van der Waals surface area contributed by atoms with Crippen molar-refractivity contribution >= 4 is 5.97 Å². The summed E-state index contributed by atoms with van der Waals surface area (Å²) < 4.78 is 4.93. The molecule has 0 spiro atoms. The van der Waals surface area contributed by atoms with Crippen LogP contribution in [0.4, 0.5) is 0 Å². The van der Waals surface area contributed by atoms with Crippen LogP contribution in [0.1, 0.15) is 40.5 Å². The highest BCUT2D eigenvalue weighted by Gasteiger charge is 2.12. The van der Waals surface area contributed by atoms with Crippen LogP contribution < -0.4 is 0 Å². The largest absolute Gasteiger partial charge is 0.466 e. The summed E-state index contributed by atoms with van der Waals surface area (Å²) >= 11 is 0. The molecule has 0 saturated heterocycles. The Morgan fingerprint density at radius 1 is 1.33 bits per heavy atom. The molecule has 0 fully saturated rings. The van der Waals surface area contributed by atoms with E-state index in [1.165, 1.54) is 19.8 Å². The van der Waals surface area contributed by atoms with Crippen LogP contribution in [-0.2, 0) is 9.53 Å². The molecule has 2 nitrogen and oxygen atoms in total. The van der Waals surface area contributed by atoms with Crippen LogP contribution in [0.5, 0.6) is 0 Å². The van der Waals surface area contributed by atoms with E-state index in [1.54, 1.807) is 0 Å². The number of hydrogen-bond acceptors (Lipinski definition) is 2. The Balaban J connectivity index is 3.55. The number of carbonyl (C=O) groups excluding carboxylic acids is 1. The van der Waals surface area contributed by atoms with Gasteiger partial charge in [0.1, 0.15) is 0 Å². The van der Waals surface area contributed by atoms with E-state index in [0.717, 1.165) is 0 Å². The Bertz CT molecular complexity index is 132. The standard InChI is InChI=1S/C10H20O2/c1-5-6-8(2)9(3)7-12-10(4)11/h8-9H,5-7H2,1-4H3. The van der Waals surface area contributed by atoms with Gasteiger partial charge in [0.2, 0.25) is 0 Å². The van der Waals surface area contributed by atoms with E-state index < -0.39 is 0 Å². The molecule has 0 bridgehead atoms. The Labute approximate surface area is 75.3 Å². The van der Waals surface area contributed by atoms with Gasteiger partial charge in [0.05, 0.1) is 6.61 Å². The van der Waals surface area contributed by atoms with E-state index in [0.29, 0.717) is 18.4 Å². The molecule has 2 atom stereocenters. The Kier molecular flexibility index (Phi) is 5.77. The van der Waals surface area contributed by atoms with Gasteiger partial charge in [0.15, 0.2) is 0 Å². The van der Waals surface area contributed by atoms with Gasteiger partial charge in [-0.2, -0.15) is 0 Å². The molecule has 0 aliphatic carbocycles. The molecule has 72 valence electrons. The van der Waals surface area contributed by atoms with Gasteiger partial charge in [0.25, 0.3) is 0 Å². The van der Waals surface area contributed by atoms with Gasteiger partial charge in [-0.15, -0.1) is 0 Å². The van der Waals surface area contributed by atoms with Gasteiger partial charge in [-0.05, 0) is 11.8 Å². The number of rotatable bonds is 5. The van der Waals surface area contributed by atoms with Crippen molar-refractivity contribution in [3.05, 3.63) is 0 Å². The highest BCUT2D eigenvalue weighted by molar-refractivity contribution is 5.65. The first kappa shape index (κ1) is 11.5. The van der Waals surface area contributed by atoms with Crippen LogP contribution in [0.15, 0.2) is 0 Å². The zero-order valence-corrected chi connectivity index (χ0v) is 8.59. The maximum absolute atomic E-state index is 10.5. The molecule has 0 aromatic carbocycles. The van der Waals surface area contributed by atoms with E-state index >= 15 is 0 Å². The third kappa shape index (κ3) is 5.16. The predicted molar refractivity (Wildman–Crippen MR) is 49.9 cm³/mol. The van der Waals surface area contributed by atoms with Gasteiger partial charge >= 0.3 is 5.97 Å². The van der Waals surface area contributed by atoms with Crippen molar-refractivity contribution in [1.29, 1.82) is 0 Å². The maximum Gasteiger partial charge on any atom is 0.302 e. The van der Waals surface area contributed by atoms with Crippen LogP contribution in [-0.4, -0.2) is 12.6 Å². The Hall–Kier alpha value is -0.530. The minimum atomic E-state index is -0.175. The lowest BCUT2D eigenvalue weighted by molar-refractivity contribution is -0.142. The van der Waals surface area contributed by atoms with E-state index in [1.807, 2.05) is 0 Å². The van der Waals surface area contributed by atoms with Gasteiger partial charge in [-0.3, -0.25) is 4.79 Å². The lowest BCUT2D eigenvalue weighted by atomic mass is 9.93. The van der Waals surface area contributed by atoms with Crippen molar-refractivity contribution in [1.82, 2.24) is 0 Å². The molecule has 2 heteroatoms. The molecule has 0 saturated carbocycles. The topological polar surface area (TPSA) is 26.3 Å². The number of esters is 1. The van der Waals surface area contributed by atoms with Crippen LogP contribution in [0, 0.1) is 11.8 Å². The fourth-order valence-corrected chi connectivity index (χ4v) is 1.15. The van der Waals surface area contributed by atoms with Crippen molar-refractivity contribution in [3.63, 3.8) is 0 Å². The van der Waals surface area contributed by atoms with Crippen molar-refractivity contribution in [2.45, 2.75) is 40.5 Å². The molecular formula is C10H20O2. The first-order chi connectivity index (χ1) is 5.57. The lowest BCUT2D eigenvalue weighted by Crippen LogP contribution is -2.16. The van der Waals surface area contributed by atoms with Gasteiger partial charge in [-0.1, -0.05) is 33.6 Å². The number of carbonyl (C=O) groups is 1. The second kappa shape index (κ2) is 6.04. The molecule has 0 aromatic rings. The third-order valence-electron chi connectivity index (χ3n) is 2.26. The molecule has 2 unspecified atom stereocenters. The van der Waals surface area contributed by atoms with Crippen molar-refractivity contribution in [2.24, 2.45) is 11.8 Å². The fraction of sp³-hybridized carbons (Fsp3) is 0.900. The van der Waals surface area contributed by atoms with E-state index in [2.05, 4.69) is 20.8 Å². The second-order valence-corrected chi connectivity index (χ2v) is 3.55. The highest BCUT2D eigenvalue weighted by atomic mass is 16.5. The summed E-state index contributed by atoms with van der Waals surface area (Å²) in [5.74, 6) is 0.953. The molecule has 0 aliphatic heterocycles. The first-order valence-corrected chi connectivity index (χ1v) is 4.71. The minimum Gasteiger partial charge on any atom is -0.466 e. The molecule has 0 N–H and O–H groups in total. The quantitative estimate of drug-likeness (QED) is 0.596. The highest BCUT2D eigenvalue weighted by Crippen LogP contribution is 2.16. The second-order valence-electron chi connectivity index (χ2n) is 3.55. The van der Waals surface area contributed by atoms with Crippen molar-refractivity contribution < 1.29 is 9.53 Å². The van der Waals surface area contributed by atoms with Crippen LogP contribution >= 0.6 is 0 Å². The SMILES string of the molecule is CCCC(C)C(C)COC(C)=O. The van der Waals surface area contributed by atoms with Crippen LogP contribution in [0.2, 0.25) is 0 Å². The van der Waals surface area contributed by atoms with Crippen molar-refractivity contribution in [2.75, 3.05) is 6.61 Å². The molecule has 0 aromatic heterocycles. The van der Waals surface area contributed by atoms with Gasteiger partial charge < -0.3 is 4.74 Å². The monoisotopic (exact) mass is 172 g/mol. The molecule has 12 heavy (non-hydrogen) atoms. The zero-order valence-electron chi connectivity index (χ0n) is 8.59. The van der Waals surface area contributed by atoms with Crippen LogP contribution in [0.3, 0.4) is 0 Å². The normalized spacial score (nSPS) is 15.3. The zero-order chi connectivity index (χ0) is 9.56. The summed E-state index contributed by atoms with van der Waals surface area (Å²) in [5, 5.41) is 0. The maximum atomic E-state index is 10.5. The average Bonchev–Trinajstić information content (AvgIpc) is 2.00. The summed E-state index contributed by atoms with van der Waals surface area (Å²) in [6.45, 7) is 8.53. The molecule has 0 aliphatic rings. The summed E-state index contributed by atoms with van der Waals surface area (Å²) in [6.07, 6.45) is 2.41. The first-order valence-electron chi connectivity index (χ1n) is 4.71. The number of hydrogen-bond donors (Lipinski definition) is 0. The van der Waals surface area contributed by atoms with Crippen molar-refractivity contribution in [3.8, 4) is 0 Å². The smallest absolute Gasteiger partial charge is 0.302 e. The average molecular weight is 172 g/mol.